The Kier molecular flexibility index (Phi) is 15.8. The zero-order valence-corrected chi connectivity index (χ0v) is 18.0. The predicted octanol–water partition coefficient (Wildman–Crippen LogP) is 9.13. The van der Waals surface area contributed by atoms with Crippen molar-refractivity contribution in [3.63, 3.8) is 0 Å². The fourth-order valence-corrected chi connectivity index (χ4v) is 3.95. The molecule has 1 aromatic carbocycles. The first kappa shape index (κ1) is 23.3. The van der Waals surface area contributed by atoms with Gasteiger partial charge in [-0.1, -0.05) is 140 Å². The third-order valence-electron chi connectivity index (χ3n) is 5.81. The second-order valence-electron chi connectivity index (χ2n) is 8.51. The number of hydrogen-bond acceptors (Lipinski definition) is 0. The van der Waals surface area contributed by atoms with Crippen LogP contribution in [0.15, 0.2) is 30.3 Å². The van der Waals surface area contributed by atoms with Crippen LogP contribution in [-0.4, -0.2) is 0 Å². The summed E-state index contributed by atoms with van der Waals surface area (Å²) in [5, 5.41) is 0. The second kappa shape index (κ2) is 17.6. The summed E-state index contributed by atoms with van der Waals surface area (Å²) in [6.07, 6.45) is 24.4. The van der Waals surface area contributed by atoms with Gasteiger partial charge < -0.3 is 0 Å². The Bertz CT molecular complexity index is 380. The topological polar surface area (TPSA) is 0 Å². The Morgan fingerprint density at radius 3 is 1.58 bits per heavy atom. The predicted molar refractivity (Wildman–Crippen MR) is 119 cm³/mol. The van der Waals surface area contributed by atoms with Crippen LogP contribution in [0.5, 0.6) is 0 Å². The van der Waals surface area contributed by atoms with Crippen LogP contribution in [0.25, 0.3) is 0 Å². The maximum Gasteiger partial charge on any atom is -0.0279 e. The van der Waals surface area contributed by atoms with Crippen LogP contribution in [0, 0.1) is 5.92 Å². The quantitative estimate of drug-likeness (QED) is 0.229. The van der Waals surface area contributed by atoms with Gasteiger partial charge in [0, 0.05) is 0 Å². The van der Waals surface area contributed by atoms with E-state index in [4.69, 9.17) is 0 Å². The molecule has 0 radical (unpaired) electrons. The van der Waals surface area contributed by atoms with Gasteiger partial charge in [0.1, 0.15) is 0 Å². The molecule has 26 heavy (non-hydrogen) atoms. The normalized spacial score (nSPS) is 12.4. The highest BCUT2D eigenvalue weighted by atomic mass is 14.1. The number of unbranched alkanes of at least 4 members (excludes halogenated alkanes) is 12. The Morgan fingerprint density at radius 2 is 1.04 bits per heavy atom. The van der Waals surface area contributed by atoms with E-state index in [0.29, 0.717) is 0 Å². The van der Waals surface area contributed by atoms with Gasteiger partial charge >= 0.3 is 0 Å². The van der Waals surface area contributed by atoms with Crippen LogP contribution in [0.4, 0.5) is 0 Å². The highest BCUT2D eigenvalue weighted by Gasteiger charge is 2.02. The maximum atomic E-state index is 2.45. The van der Waals surface area contributed by atoms with Gasteiger partial charge in [-0.3, -0.25) is 0 Å². The zero-order chi connectivity index (χ0) is 18.7. The summed E-state index contributed by atoms with van der Waals surface area (Å²) in [6.45, 7) is 4.75. The Hall–Kier alpha value is -0.780. The summed E-state index contributed by atoms with van der Waals surface area (Å²) >= 11 is 0. The van der Waals surface area contributed by atoms with Gasteiger partial charge in [-0.2, -0.15) is 0 Å². The molecule has 0 amide bonds. The molecule has 0 saturated heterocycles. The minimum absolute atomic E-state index is 0.909. The molecule has 1 unspecified atom stereocenters. The SMILES string of the molecule is CCCCCCCCCCCCCCCC(C)CCCc1ccccc1. The number of aryl methyl sites for hydroxylation is 1. The van der Waals surface area contributed by atoms with E-state index in [2.05, 4.69) is 44.2 Å². The molecule has 0 N–H and O–H groups in total. The van der Waals surface area contributed by atoms with E-state index < -0.39 is 0 Å². The summed E-state index contributed by atoms with van der Waals surface area (Å²) in [5.41, 5.74) is 1.50. The van der Waals surface area contributed by atoms with Gasteiger partial charge in [-0.25, -0.2) is 0 Å². The monoisotopic (exact) mass is 358 g/mol. The van der Waals surface area contributed by atoms with Crippen molar-refractivity contribution in [2.45, 2.75) is 123 Å². The van der Waals surface area contributed by atoms with Crippen LogP contribution < -0.4 is 0 Å². The van der Waals surface area contributed by atoms with Crippen molar-refractivity contribution in [2.24, 2.45) is 5.92 Å². The highest BCUT2D eigenvalue weighted by molar-refractivity contribution is 5.14. The van der Waals surface area contributed by atoms with Crippen molar-refractivity contribution in [1.29, 1.82) is 0 Å². The molecular weight excluding hydrogens is 312 g/mol. The van der Waals surface area contributed by atoms with E-state index in [9.17, 15) is 0 Å². The lowest BCUT2D eigenvalue weighted by atomic mass is 9.95. The molecule has 150 valence electrons. The highest BCUT2D eigenvalue weighted by Crippen LogP contribution is 2.18. The van der Waals surface area contributed by atoms with Crippen molar-refractivity contribution in [1.82, 2.24) is 0 Å². The van der Waals surface area contributed by atoms with Crippen LogP contribution >= 0.6 is 0 Å². The summed E-state index contributed by atoms with van der Waals surface area (Å²) in [7, 11) is 0. The van der Waals surface area contributed by atoms with Crippen LogP contribution in [0.2, 0.25) is 0 Å². The number of hydrogen-bond donors (Lipinski definition) is 0. The van der Waals surface area contributed by atoms with Crippen LogP contribution in [0.3, 0.4) is 0 Å². The van der Waals surface area contributed by atoms with Gasteiger partial charge in [0.2, 0.25) is 0 Å². The number of benzene rings is 1. The molecule has 0 aliphatic heterocycles. The standard InChI is InChI=1S/C26H46/c1-3-4-5-6-7-8-9-10-11-12-13-14-16-20-25(2)21-19-24-26-22-17-15-18-23-26/h15,17-18,22-23,25H,3-14,16,19-21,24H2,1-2H3. The van der Waals surface area contributed by atoms with Crippen LogP contribution in [-0.2, 0) is 6.42 Å². The average Bonchev–Trinajstić information content (AvgIpc) is 2.66. The average molecular weight is 359 g/mol. The molecule has 0 spiro atoms. The van der Waals surface area contributed by atoms with Crippen molar-refractivity contribution in [3.8, 4) is 0 Å². The largest absolute Gasteiger partial charge is 0.0654 e. The molecule has 1 rings (SSSR count). The Balaban J connectivity index is 1.78. The molecule has 0 saturated carbocycles. The fraction of sp³-hybridized carbons (Fsp3) is 0.769. The van der Waals surface area contributed by atoms with Crippen molar-refractivity contribution < 1.29 is 0 Å². The summed E-state index contributed by atoms with van der Waals surface area (Å²) in [5.74, 6) is 0.909. The van der Waals surface area contributed by atoms with E-state index >= 15 is 0 Å². The number of rotatable bonds is 18. The van der Waals surface area contributed by atoms with Gasteiger partial charge in [0.25, 0.3) is 0 Å². The van der Waals surface area contributed by atoms with Gasteiger partial charge in [0.15, 0.2) is 0 Å². The van der Waals surface area contributed by atoms with E-state index in [1.165, 1.54) is 115 Å². The van der Waals surface area contributed by atoms with Crippen LogP contribution in [0.1, 0.15) is 122 Å². The molecule has 0 heterocycles. The third-order valence-corrected chi connectivity index (χ3v) is 5.81. The summed E-state index contributed by atoms with van der Waals surface area (Å²) in [6, 6.07) is 11.0. The van der Waals surface area contributed by atoms with Crippen molar-refractivity contribution in [3.05, 3.63) is 35.9 Å². The lowest BCUT2D eigenvalue weighted by molar-refractivity contribution is 0.442. The van der Waals surface area contributed by atoms with E-state index in [-0.39, 0.29) is 0 Å². The zero-order valence-electron chi connectivity index (χ0n) is 18.0. The van der Waals surface area contributed by atoms with Crippen molar-refractivity contribution >= 4 is 0 Å². The van der Waals surface area contributed by atoms with E-state index in [1.54, 1.807) is 0 Å². The molecule has 1 aromatic rings. The van der Waals surface area contributed by atoms with Gasteiger partial charge in [0.05, 0.1) is 0 Å². The first-order valence-corrected chi connectivity index (χ1v) is 11.9. The summed E-state index contributed by atoms with van der Waals surface area (Å²) < 4.78 is 0. The van der Waals surface area contributed by atoms with Gasteiger partial charge in [-0.05, 0) is 24.3 Å². The molecule has 0 aliphatic rings. The molecule has 0 fully saturated rings. The third kappa shape index (κ3) is 14.4. The molecule has 1 atom stereocenters. The molecule has 0 aromatic heterocycles. The Morgan fingerprint density at radius 1 is 0.577 bits per heavy atom. The van der Waals surface area contributed by atoms with E-state index in [0.717, 1.165) is 5.92 Å². The molecule has 0 bridgehead atoms. The van der Waals surface area contributed by atoms with Crippen molar-refractivity contribution in [2.75, 3.05) is 0 Å². The first-order chi connectivity index (χ1) is 12.8. The second-order valence-corrected chi connectivity index (χ2v) is 8.51. The minimum atomic E-state index is 0.909. The molecule has 0 nitrogen and oxygen atoms in total. The van der Waals surface area contributed by atoms with E-state index in [1.807, 2.05) is 0 Å². The lowest BCUT2D eigenvalue weighted by Gasteiger charge is -2.11. The molecule has 0 aliphatic carbocycles. The molecule has 0 heteroatoms. The fourth-order valence-electron chi connectivity index (χ4n) is 3.95. The minimum Gasteiger partial charge on any atom is -0.0654 e. The lowest BCUT2D eigenvalue weighted by Crippen LogP contribution is -1.96. The smallest absolute Gasteiger partial charge is 0.0279 e. The summed E-state index contributed by atoms with van der Waals surface area (Å²) in [4.78, 5) is 0. The Labute approximate surface area is 165 Å². The maximum absolute atomic E-state index is 2.45. The molecular formula is C26H46. The first-order valence-electron chi connectivity index (χ1n) is 11.9. The van der Waals surface area contributed by atoms with Gasteiger partial charge in [-0.15, -0.1) is 0 Å².